The fourth-order valence-electron chi connectivity index (χ4n) is 2.25. The minimum Gasteiger partial charge on any atom is -0.492 e. The predicted octanol–water partition coefficient (Wildman–Crippen LogP) is 4.31. The molecule has 0 N–H and O–H groups in total. The molecular weight excluding hydrogens is 368 g/mol. The van der Waals surface area contributed by atoms with E-state index in [0.29, 0.717) is 24.9 Å². The van der Waals surface area contributed by atoms with Crippen molar-refractivity contribution in [3.63, 3.8) is 0 Å². The lowest BCUT2D eigenvalue weighted by Crippen LogP contribution is -2.11. The van der Waals surface area contributed by atoms with Gasteiger partial charge in [0.2, 0.25) is 5.82 Å². The monoisotopic (exact) mass is 386 g/mol. The molecule has 3 aromatic rings. The number of benzene rings is 2. The molecule has 0 saturated carbocycles. The number of hydrogen-bond donors (Lipinski definition) is 0. The van der Waals surface area contributed by atoms with Crippen LogP contribution in [0.15, 0.2) is 53.0 Å². The van der Waals surface area contributed by atoms with Crippen molar-refractivity contribution in [3.05, 3.63) is 58.6 Å². The molecule has 1 aromatic heterocycles. The molecule has 6 heteroatoms. The van der Waals surface area contributed by atoms with Crippen LogP contribution in [0.2, 0.25) is 0 Å². The Labute approximate surface area is 149 Å². The largest absolute Gasteiger partial charge is 0.492 e. The number of aromatic nitrogens is 4. The molecule has 0 unspecified atom stereocenters. The number of ether oxygens (including phenoxy) is 1. The third-order valence-corrected chi connectivity index (χ3v) is 4.19. The summed E-state index contributed by atoms with van der Waals surface area (Å²) in [5, 5.41) is 12.6. The van der Waals surface area contributed by atoms with Crippen LogP contribution < -0.4 is 4.74 Å². The van der Waals surface area contributed by atoms with Gasteiger partial charge in [-0.25, -0.2) is 0 Å². The van der Waals surface area contributed by atoms with Gasteiger partial charge < -0.3 is 4.74 Å². The highest BCUT2D eigenvalue weighted by molar-refractivity contribution is 9.10. The molecule has 0 radical (unpaired) electrons. The number of hydrogen-bond acceptors (Lipinski definition) is 4. The Morgan fingerprint density at radius 1 is 1.04 bits per heavy atom. The SMILES string of the molecule is CC(C)c1ccc(-c2nnn(CCOc3ccc(Br)cc3)n2)cc1. The summed E-state index contributed by atoms with van der Waals surface area (Å²) in [7, 11) is 0. The molecule has 0 atom stereocenters. The fraction of sp³-hybridized carbons (Fsp3) is 0.278. The first kappa shape index (κ1) is 16.6. The highest BCUT2D eigenvalue weighted by Crippen LogP contribution is 2.19. The van der Waals surface area contributed by atoms with E-state index in [-0.39, 0.29) is 0 Å². The van der Waals surface area contributed by atoms with E-state index in [9.17, 15) is 0 Å². The van der Waals surface area contributed by atoms with Gasteiger partial charge in [0.15, 0.2) is 0 Å². The molecule has 0 fully saturated rings. The maximum atomic E-state index is 5.67. The first-order chi connectivity index (χ1) is 11.6. The second-order valence-electron chi connectivity index (χ2n) is 5.79. The minimum atomic E-state index is 0.490. The Morgan fingerprint density at radius 3 is 2.42 bits per heavy atom. The van der Waals surface area contributed by atoms with Crippen molar-refractivity contribution in [2.75, 3.05) is 6.61 Å². The first-order valence-corrected chi connectivity index (χ1v) is 8.67. The van der Waals surface area contributed by atoms with Crippen LogP contribution in [0.5, 0.6) is 5.75 Å². The number of halogens is 1. The van der Waals surface area contributed by atoms with Crippen molar-refractivity contribution in [2.24, 2.45) is 0 Å². The summed E-state index contributed by atoms with van der Waals surface area (Å²) in [6, 6.07) is 16.0. The lowest BCUT2D eigenvalue weighted by atomic mass is 10.0. The lowest BCUT2D eigenvalue weighted by Gasteiger charge is -2.05. The average molecular weight is 387 g/mol. The summed E-state index contributed by atoms with van der Waals surface area (Å²) in [5.74, 6) is 1.97. The maximum absolute atomic E-state index is 5.67. The van der Waals surface area contributed by atoms with Gasteiger partial charge >= 0.3 is 0 Å². The smallest absolute Gasteiger partial charge is 0.204 e. The lowest BCUT2D eigenvalue weighted by molar-refractivity contribution is 0.280. The van der Waals surface area contributed by atoms with Crippen molar-refractivity contribution in [1.29, 1.82) is 0 Å². The molecule has 0 amide bonds. The summed E-state index contributed by atoms with van der Waals surface area (Å²) in [4.78, 5) is 1.56. The Hall–Kier alpha value is -2.21. The zero-order chi connectivity index (χ0) is 16.9. The summed E-state index contributed by atoms with van der Waals surface area (Å²) in [5.41, 5.74) is 2.27. The van der Waals surface area contributed by atoms with Crippen LogP contribution in [0.3, 0.4) is 0 Å². The molecule has 124 valence electrons. The molecule has 0 aliphatic rings. The number of tetrazole rings is 1. The number of rotatable bonds is 6. The quantitative estimate of drug-likeness (QED) is 0.633. The molecule has 0 spiro atoms. The second kappa shape index (κ2) is 7.57. The van der Waals surface area contributed by atoms with E-state index in [2.05, 4.69) is 57.3 Å². The van der Waals surface area contributed by atoms with Gasteiger partial charge in [0.25, 0.3) is 0 Å². The van der Waals surface area contributed by atoms with Crippen LogP contribution in [0.25, 0.3) is 11.4 Å². The van der Waals surface area contributed by atoms with Crippen molar-refractivity contribution in [1.82, 2.24) is 20.2 Å². The predicted molar refractivity (Wildman–Crippen MR) is 97.0 cm³/mol. The Bertz CT molecular complexity index is 782. The van der Waals surface area contributed by atoms with E-state index in [1.54, 1.807) is 4.80 Å². The van der Waals surface area contributed by atoms with Crippen LogP contribution in [0.1, 0.15) is 25.3 Å². The Balaban J connectivity index is 1.58. The average Bonchev–Trinajstić information content (AvgIpc) is 3.06. The molecule has 2 aromatic carbocycles. The third-order valence-electron chi connectivity index (χ3n) is 3.66. The van der Waals surface area contributed by atoms with Crippen molar-refractivity contribution in [2.45, 2.75) is 26.3 Å². The van der Waals surface area contributed by atoms with Crippen molar-refractivity contribution >= 4 is 15.9 Å². The summed E-state index contributed by atoms with van der Waals surface area (Å²) in [6.07, 6.45) is 0. The van der Waals surface area contributed by atoms with E-state index in [0.717, 1.165) is 15.8 Å². The molecule has 1 heterocycles. The third kappa shape index (κ3) is 4.20. The summed E-state index contributed by atoms with van der Waals surface area (Å²) in [6.45, 7) is 5.39. The standard InChI is InChI=1S/C18H19BrN4O/c1-13(2)14-3-5-15(6-4-14)18-20-22-23(21-18)11-12-24-17-9-7-16(19)8-10-17/h3-10,13H,11-12H2,1-2H3. The van der Waals surface area contributed by atoms with E-state index in [1.807, 2.05) is 36.4 Å². The van der Waals surface area contributed by atoms with E-state index >= 15 is 0 Å². The van der Waals surface area contributed by atoms with Gasteiger partial charge in [-0.3, -0.25) is 0 Å². The maximum Gasteiger partial charge on any atom is 0.204 e. The van der Waals surface area contributed by atoms with Gasteiger partial charge in [-0.1, -0.05) is 54.0 Å². The molecular formula is C18H19BrN4O. The van der Waals surface area contributed by atoms with Crippen LogP contribution in [-0.2, 0) is 6.54 Å². The first-order valence-electron chi connectivity index (χ1n) is 7.88. The molecule has 3 rings (SSSR count). The highest BCUT2D eigenvalue weighted by atomic mass is 79.9. The van der Waals surface area contributed by atoms with Crippen LogP contribution in [0, 0.1) is 0 Å². The summed E-state index contributed by atoms with van der Waals surface area (Å²) < 4.78 is 6.70. The second-order valence-corrected chi connectivity index (χ2v) is 6.70. The van der Waals surface area contributed by atoms with Gasteiger partial charge in [0.1, 0.15) is 12.4 Å². The molecule has 24 heavy (non-hydrogen) atoms. The zero-order valence-corrected chi connectivity index (χ0v) is 15.3. The van der Waals surface area contributed by atoms with Crippen molar-refractivity contribution < 1.29 is 4.74 Å². The summed E-state index contributed by atoms with van der Waals surface area (Å²) >= 11 is 3.40. The Kier molecular flexibility index (Phi) is 5.25. The molecule has 0 aliphatic carbocycles. The Morgan fingerprint density at radius 2 is 1.75 bits per heavy atom. The van der Waals surface area contributed by atoms with Gasteiger partial charge in [-0.05, 0) is 41.0 Å². The van der Waals surface area contributed by atoms with Gasteiger partial charge in [-0.2, -0.15) is 4.80 Å². The van der Waals surface area contributed by atoms with Gasteiger partial charge in [-0.15, -0.1) is 10.2 Å². The van der Waals surface area contributed by atoms with Crippen LogP contribution >= 0.6 is 15.9 Å². The molecule has 0 saturated heterocycles. The van der Waals surface area contributed by atoms with E-state index < -0.39 is 0 Å². The fourth-order valence-corrected chi connectivity index (χ4v) is 2.51. The van der Waals surface area contributed by atoms with Gasteiger partial charge in [0.05, 0.1) is 6.54 Å². The zero-order valence-electron chi connectivity index (χ0n) is 13.7. The van der Waals surface area contributed by atoms with E-state index in [1.165, 1.54) is 5.56 Å². The van der Waals surface area contributed by atoms with Crippen LogP contribution in [0.4, 0.5) is 0 Å². The minimum absolute atomic E-state index is 0.490. The van der Waals surface area contributed by atoms with Crippen molar-refractivity contribution in [3.8, 4) is 17.1 Å². The van der Waals surface area contributed by atoms with Gasteiger partial charge in [0, 0.05) is 10.0 Å². The number of nitrogens with zero attached hydrogens (tertiary/aromatic N) is 4. The highest BCUT2D eigenvalue weighted by Gasteiger charge is 2.07. The van der Waals surface area contributed by atoms with E-state index in [4.69, 9.17) is 4.74 Å². The van der Waals surface area contributed by atoms with Crippen LogP contribution in [-0.4, -0.2) is 26.8 Å². The molecule has 0 aliphatic heterocycles. The molecule has 0 bridgehead atoms. The molecule has 5 nitrogen and oxygen atoms in total. The topological polar surface area (TPSA) is 52.8 Å². The normalized spacial score (nSPS) is 11.0.